The maximum Gasteiger partial charge on any atom is 0.329 e. The van der Waals surface area contributed by atoms with Gasteiger partial charge in [-0.05, 0) is 59.7 Å². The number of benzene rings is 3. The Morgan fingerprint density at radius 3 is 2.42 bits per heavy atom. The van der Waals surface area contributed by atoms with Crippen molar-refractivity contribution >= 4 is 35.3 Å². The SMILES string of the molecule is COc1cccc(NC(=O)C(=O)N/N=C\c2ccc(OCc3ccc(Cl)cc3)cc2)c1. The Balaban J connectivity index is 1.46. The molecule has 7 nitrogen and oxygen atoms in total. The van der Waals surface area contributed by atoms with Gasteiger partial charge in [-0.25, -0.2) is 5.43 Å². The summed E-state index contributed by atoms with van der Waals surface area (Å²) in [5.41, 5.74) is 4.37. The molecule has 0 aliphatic heterocycles. The summed E-state index contributed by atoms with van der Waals surface area (Å²) in [5.74, 6) is -0.469. The predicted octanol–water partition coefficient (Wildman–Crippen LogP) is 4.02. The van der Waals surface area contributed by atoms with Gasteiger partial charge in [-0.2, -0.15) is 5.10 Å². The fraction of sp³-hybridized carbons (Fsp3) is 0.0870. The van der Waals surface area contributed by atoms with E-state index in [1.165, 1.54) is 13.3 Å². The lowest BCUT2D eigenvalue weighted by Crippen LogP contribution is -2.32. The number of rotatable bonds is 7. The average Bonchev–Trinajstić information content (AvgIpc) is 2.79. The van der Waals surface area contributed by atoms with Crippen LogP contribution in [0.25, 0.3) is 0 Å². The highest BCUT2D eigenvalue weighted by molar-refractivity contribution is 6.39. The fourth-order valence-corrected chi connectivity index (χ4v) is 2.63. The van der Waals surface area contributed by atoms with Crippen LogP contribution in [0.4, 0.5) is 5.69 Å². The zero-order valence-electron chi connectivity index (χ0n) is 16.7. The molecular weight excluding hydrogens is 418 g/mol. The Hall–Kier alpha value is -3.84. The van der Waals surface area contributed by atoms with Crippen LogP contribution in [0, 0.1) is 0 Å². The highest BCUT2D eigenvalue weighted by Gasteiger charge is 2.13. The summed E-state index contributed by atoms with van der Waals surface area (Å²) in [4.78, 5) is 23.8. The van der Waals surface area contributed by atoms with Crippen LogP contribution < -0.4 is 20.2 Å². The molecule has 8 heteroatoms. The second-order valence-corrected chi connectivity index (χ2v) is 6.81. The Morgan fingerprint density at radius 1 is 0.968 bits per heavy atom. The minimum Gasteiger partial charge on any atom is -0.497 e. The van der Waals surface area contributed by atoms with Crippen molar-refractivity contribution < 1.29 is 19.1 Å². The first-order valence-corrected chi connectivity index (χ1v) is 9.67. The van der Waals surface area contributed by atoms with E-state index in [0.29, 0.717) is 28.8 Å². The van der Waals surface area contributed by atoms with Gasteiger partial charge in [-0.1, -0.05) is 29.8 Å². The normalized spacial score (nSPS) is 10.5. The second-order valence-electron chi connectivity index (χ2n) is 6.37. The van der Waals surface area contributed by atoms with Crippen molar-refractivity contribution in [2.24, 2.45) is 5.10 Å². The molecule has 0 fully saturated rings. The van der Waals surface area contributed by atoms with Gasteiger partial charge in [0.15, 0.2) is 0 Å². The first-order valence-electron chi connectivity index (χ1n) is 9.29. The molecule has 0 heterocycles. The number of carbonyl (C=O) groups excluding carboxylic acids is 2. The van der Waals surface area contributed by atoms with Crippen LogP contribution in [0.1, 0.15) is 11.1 Å². The quantitative estimate of drug-likeness (QED) is 0.332. The number of ether oxygens (including phenoxy) is 2. The third-order valence-corrected chi connectivity index (χ3v) is 4.36. The van der Waals surface area contributed by atoms with E-state index in [1.54, 1.807) is 48.5 Å². The molecule has 158 valence electrons. The summed E-state index contributed by atoms with van der Waals surface area (Å²) in [7, 11) is 1.51. The van der Waals surface area contributed by atoms with Gasteiger partial charge in [-0.15, -0.1) is 0 Å². The number of hydrogen-bond acceptors (Lipinski definition) is 5. The highest BCUT2D eigenvalue weighted by atomic mass is 35.5. The molecule has 2 amide bonds. The third kappa shape index (κ3) is 6.87. The highest BCUT2D eigenvalue weighted by Crippen LogP contribution is 2.17. The number of halogens is 1. The molecule has 0 aromatic heterocycles. The molecule has 0 saturated carbocycles. The van der Waals surface area contributed by atoms with Crippen molar-refractivity contribution in [2.45, 2.75) is 6.61 Å². The van der Waals surface area contributed by atoms with E-state index >= 15 is 0 Å². The molecule has 3 aromatic carbocycles. The number of amides is 2. The van der Waals surface area contributed by atoms with Crippen LogP contribution in [0.2, 0.25) is 5.02 Å². The molecule has 0 atom stereocenters. The molecule has 0 unspecified atom stereocenters. The zero-order chi connectivity index (χ0) is 22.1. The van der Waals surface area contributed by atoms with Crippen LogP contribution in [-0.2, 0) is 16.2 Å². The van der Waals surface area contributed by atoms with Crippen LogP contribution in [0.15, 0.2) is 77.9 Å². The van der Waals surface area contributed by atoms with Crippen molar-refractivity contribution in [1.82, 2.24) is 5.43 Å². The summed E-state index contributed by atoms with van der Waals surface area (Å²) in [5, 5.41) is 6.96. The summed E-state index contributed by atoms with van der Waals surface area (Å²) >= 11 is 5.87. The minimum atomic E-state index is -0.887. The molecule has 3 rings (SSSR count). The van der Waals surface area contributed by atoms with Gasteiger partial charge < -0.3 is 14.8 Å². The van der Waals surface area contributed by atoms with Crippen LogP contribution in [-0.4, -0.2) is 25.1 Å². The van der Waals surface area contributed by atoms with Gasteiger partial charge in [-0.3, -0.25) is 9.59 Å². The van der Waals surface area contributed by atoms with Crippen molar-refractivity contribution in [3.05, 3.63) is 88.9 Å². The Kier molecular flexibility index (Phi) is 7.61. The van der Waals surface area contributed by atoms with E-state index in [-0.39, 0.29) is 0 Å². The minimum absolute atomic E-state index is 0.420. The predicted molar refractivity (Wildman–Crippen MR) is 120 cm³/mol. The van der Waals surface area contributed by atoms with Crippen molar-refractivity contribution in [3.63, 3.8) is 0 Å². The standard InChI is InChI=1S/C23H20ClN3O4/c1-30-21-4-2-3-19(13-21)26-22(28)23(29)27-25-14-16-7-11-20(12-8-16)31-15-17-5-9-18(24)10-6-17/h2-14H,15H2,1H3,(H,26,28)(H,27,29)/b25-14-. The largest absolute Gasteiger partial charge is 0.497 e. The Morgan fingerprint density at radius 2 is 1.71 bits per heavy atom. The number of hydrazone groups is 1. The molecular formula is C23H20ClN3O4. The number of anilines is 1. The van der Waals surface area contributed by atoms with Gasteiger partial charge in [0, 0.05) is 16.8 Å². The van der Waals surface area contributed by atoms with E-state index < -0.39 is 11.8 Å². The van der Waals surface area contributed by atoms with E-state index in [2.05, 4.69) is 15.8 Å². The first kappa shape index (κ1) is 21.9. The Bertz CT molecular complexity index is 1070. The number of carbonyl (C=O) groups is 2. The lowest BCUT2D eigenvalue weighted by molar-refractivity contribution is -0.136. The summed E-state index contributed by atoms with van der Waals surface area (Å²) in [6, 6.07) is 21.2. The van der Waals surface area contributed by atoms with E-state index in [1.807, 2.05) is 24.3 Å². The van der Waals surface area contributed by atoms with Gasteiger partial charge in [0.2, 0.25) is 0 Å². The van der Waals surface area contributed by atoms with Crippen molar-refractivity contribution in [2.75, 3.05) is 12.4 Å². The summed E-state index contributed by atoms with van der Waals surface area (Å²) in [6.45, 7) is 0.420. The maximum atomic E-state index is 11.9. The second kappa shape index (κ2) is 10.8. The first-order chi connectivity index (χ1) is 15.0. The molecule has 0 aliphatic rings. The number of nitrogens with one attached hydrogen (secondary N) is 2. The number of nitrogens with zero attached hydrogens (tertiary/aromatic N) is 1. The van der Waals surface area contributed by atoms with Gasteiger partial charge in [0.1, 0.15) is 18.1 Å². The zero-order valence-corrected chi connectivity index (χ0v) is 17.4. The smallest absolute Gasteiger partial charge is 0.329 e. The molecule has 31 heavy (non-hydrogen) atoms. The van der Waals surface area contributed by atoms with Gasteiger partial charge in [0.05, 0.1) is 13.3 Å². The molecule has 0 spiro atoms. The van der Waals surface area contributed by atoms with E-state index in [9.17, 15) is 9.59 Å². The average molecular weight is 438 g/mol. The van der Waals surface area contributed by atoms with E-state index in [4.69, 9.17) is 21.1 Å². The van der Waals surface area contributed by atoms with E-state index in [0.717, 1.165) is 11.1 Å². The van der Waals surface area contributed by atoms with Crippen molar-refractivity contribution in [1.29, 1.82) is 0 Å². The topological polar surface area (TPSA) is 89.0 Å². The van der Waals surface area contributed by atoms with Crippen LogP contribution in [0.3, 0.4) is 0 Å². The molecule has 0 radical (unpaired) electrons. The lowest BCUT2D eigenvalue weighted by Gasteiger charge is -2.07. The summed E-state index contributed by atoms with van der Waals surface area (Å²) in [6.07, 6.45) is 1.43. The molecule has 3 aromatic rings. The fourth-order valence-electron chi connectivity index (χ4n) is 2.50. The van der Waals surface area contributed by atoms with Crippen LogP contribution >= 0.6 is 11.6 Å². The molecule has 2 N–H and O–H groups in total. The molecule has 0 saturated heterocycles. The maximum absolute atomic E-state index is 11.9. The number of methoxy groups -OCH3 is 1. The van der Waals surface area contributed by atoms with Gasteiger partial charge >= 0.3 is 11.8 Å². The van der Waals surface area contributed by atoms with Crippen molar-refractivity contribution in [3.8, 4) is 11.5 Å². The molecule has 0 aliphatic carbocycles. The van der Waals surface area contributed by atoms with Gasteiger partial charge in [0.25, 0.3) is 0 Å². The molecule has 0 bridgehead atoms. The Labute approximate surface area is 184 Å². The number of hydrogen-bond donors (Lipinski definition) is 2. The lowest BCUT2D eigenvalue weighted by atomic mass is 10.2. The summed E-state index contributed by atoms with van der Waals surface area (Å²) < 4.78 is 10.8. The monoisotopic (exact) mass is 437 g/mol. The van der Waals surface area contributed by atoms with Crippen LogP contribution in [0.5, 0.6) is 11.5 Å². The third-order valence-electron chi connectivity index (χ3n) is 4.11.